The summed E-state index contributed by atoms with van der Waals surface area (Å²) in [5.74, 6) is 1.75. The third kappa shape index (κ3) is 15.7. The van der Waals surface area contributed by atoms with Gasteiger partial charge in [0.2, 0.25) is 0 Å². The second-order valence-electron chi connectivity index (χ2n) is 12.9. The molecule has 5 heteroatoms. The first kappa shape index (κ1) is 38.6. The van der Waals surface area contributed by atoms with Gasteiger partial charge in [0.05, 0.1) is 33.0 Å². The first-order chi connectivity index (χ1) is 23.1. The fourth-order valence-corrected chi connectivity index (χ4v) is 5.81. The van der Waals surface area contributed by atoms with E-state index < -0.39 is 6.10 Å². The second kappa shape index (κ2) is 24.3. The Bertz CT molecular complexity index is 1190. The van der Waals surface area contributed by atoms with Crippen molar-refractivity contribution in [1.82, 2.24) is 0 Å². The predicted octanol–water partition coefficient (Wildman–Crippen LogP) is 10.9. The van der Waals surface area contributed by atoms with E-state index in [1.807, 2.05) is 6.07 Å². The molecule has 47 heavy (non-hydrogen) atoms. The van der Waals surface area contributed by atoms with Gasteiger partial charge in [0.1, 0.15) is 17.6 Å². The number of hydrogen-bond acceptors (Lipinski definition) is 5. The predicted molar refractivity (Wildman–Crippen MR) is 196 cm³/mol. The maximum atomic E-state index is 9.75. The second-order valence-corrected chi connectivity index (χ2v) is 12.9. The molecule has 1 unspecified atom stereocenters. The van der Waals surface area contributed by atoms with Crippen molar-refractivity contribution < 1.29 is 24.4 Å². The summed E-state index contributed by atoms with van der Waals surface area (Å²) in [4.78, 5) is 0. The molecular formula is C42H62O5. The third-order valence-electron chi connectivity index (χ3n) is 8.77. The van der Waals surface area contributed by atoms with Gasteiger partial charge in [-0.05, 0) is 59.4 Å². The quantitative estimate of drug-likeness (QED) is 0.0807. The van der Waals surface area contributed by atoms with Crippen LogP contribution in [0.25, 0.3) is 22.3 Å². The van der Waals surface area contributed by atoms with E-state index in [1.54, 1.807) is 0 Å². The summed E-state index contributed by atoms with van der Waals surface area (Å²) in [5.41, 5.74) is 5.47. The number of aliphatic hydroxyl groups excluding tert-OH is 2. The van der Waals surface area contributed by atoms with Crippen molar-refractivity contribution in [2.75, 3.05) is 26.4 Å². The highest BCUT2D eigenvalue weighted by atomic mass is 16.5. The van der Waals surface area contributed by atoms with Crippen LogP contribution >= 0.6 is 0 Å². The number of hydrogen-bond donors (Lipinski definition) is 2. The molecule has 0 amide bonds. The van der Waals surface area contributed by atoms with Gasteiger partial charge in [0.15, 0.2) is 0 Å². The Morgan fingerprint density at radius 1 is 0.532 bits per heavy atom. The lowest BCUT2D eigenvalue weighted by Gasteiger charge is -2.15. The number of benzene rings is 3. The van der Waals surface area contributed by atoms with Gasteiger partial charge in [0.25, 0.3) is 0 Å². The van der Waals surface area contributed by atoms with E-state index in [4.69, 9.17) is 14.2 Å². The minimum Gasteiger partial charge on any atom is -0.494 e. The first-order valence-electron chi connectivity index (χ1n) is 18.6. The lowest BCUT2D eigenvalue weighted by Crippen LogP contribution is -2.19. The van der Waals surface area contributed by atoms with Crippen molar-refractivity contribution in [3.63, 3.8) is 0 Å². The van der Waals surface area contributed by atoms with Gasteiger partial charge in [0, 0.05) is 5.56 Å². The molecule has 0 spiro atoms. The molecule has 0 bridgehead atoms. The van der Waals surface area contributed by atoms with Gasteiger partial charge in [-0.25, -0.2) is 0 Å². The van der Waals surface area contributed by atoms with Crippen LogP contribution in [0.1, 0.15) is 122 Å². The lowest BCUT2D eigenvalue weighted by atomic mass is 9.99. The Balaban J connectivity index is 1.51. The summed E-state index contributed by atoms with van der Waals surface area (Å²) in [6.45, 7) is 6.05. The molecule has 260 valence electrons. The topological polar surface area (TPSA) is 68.2 Å². The number of aliphatic hydroxyl groups is 2. The molecule has 3 rings (SSSR count). The van der Waals surface area contributed by atoms with Crippen LogP contribution in [-0.4, -0.2) is 42.7 Å². The molecule has 0 aliphatic carbocycles. The smallest absolute Gasteiger partial charge is 0.124 e. The van der Waals surface area contributed by atoms with Gasteiger partial charge in [-0.1, -0.05) is 146 Å². The summed E-state index contributed by atoms with van der Waals surface area (Å²) >= 11 is 0. The van der Waals surface area contributed by atoms with Crippen LogP contribution in [-0.2, 0) is 11.3 Å². The van der Waals surface area contributed by atoms with E-state index >= 15 is 0 Å². The van der Waals surface area contributed by atoms with Gasteiger partial charge in [-0.15, -0.1) is 0 Å². The molecule has 3 aromatic rings. The van der Waals surface area contributed by atoms with Crippen LogP contribution in [0, 0.1) is 0 Å². The van der Waals surface area contributed by atoms with Crippen LogP contribution in [0.15, 0.2) is 66.7 Å². The molecule has 0 aliphatic heterocycles. The third-order valence-corrected chi connectivity index (χ3v) is 8.77. The van der Waals surface area contributed by atoms with Crippen molar-refractivity contribution in [2.45, 2.75) is 129 Å². The van der Waals surface area contributed by atoms with Crippen molar-refractivity contribution in [3.05, 3.63) is 72.3 Å². The monoisotopic (exact) mass is 646 g/mol. The number of ether oxygens (including phenoxy) is 3. The molecule has 0 heterocycles. The molecule has 0 fully saturated rings. The normalized spacial score (nSPS) is 11.9. The Kier molecular flexibility index (Phi) is 20.0. The van der Waals surface area contributed by atoms with Crippen molar-refractivity contribution >= 4 is 0 Å². The van der Waals surface area contributed by atoms with E-state index in [-0.39, 0.29) is 13.2 Å². The summed E-state index contributed by atoms with van der Waals surface area (Å²) in [6, 6.07) is 23.3. The lowest BCUT2D eigenvalue weighted by molar-refractivity contribution is -0.000499. The zero-order valence-corrected chi connectivity index (χ0v) is 29.4. The van der Waals surface area contributed by atoms with Crippen molar-refractivity contribution in [2.24, 2.45) is 0 Å². The van der Waals surface area contributed by atoms with E-state index in [9.17, 15) is 10.2 Å². The summed E-state index contributed by atoms with van der Waals surface area (Å²) < 4.78 is 17.9. The van der Waals surface area contributed by atoms with Gasteiger partial charge < -0.3 is 24.4 Å². The van der Waals surface area contributed by atoms with E-state index in [2.05, 4.69) is 74.5 Å². The van der Waals surface area contributed by atoms with Gasteiger partial charge >= 0.3 is 0 Å². The highest BCUT2D eigenvalue weighted by Crippen LogP contribution is 2.30. The van der Waals surface area contributed by atoms with Crippen LogP contribution in [0.4, 0.5) is 0 Å². The Labute approximate surface area is 285 Å². The van der Waals surface area contributed by atoms with E-state index in [1.165, 1.54) is 89.9 Å². The molecule has 0 saturated carbocycles. The largest absolute Gasteiger partial charge is 0.494 e. The Hall–Kier alpha value is -2.86. The maximum absolute atomic E-state index is 9.75. The molecule has 1 atom stereocenters. The SMILES string of the molecule is CCCCCCCCCCOc1ccc(-c2ccc(-c3ccc(OCCCCCCCCCC)c(COCC(O)CO)c3)cc2)cc1. The van der Waals surface area contributed by atoms with Crippen LogP contribution in [0.3, 0.4) is 0 Å². The molecule has 3 aromatic carbocycles. The van der Waals surface area contributed by atoms with Gasteiger partial charge in [-0.2, -0.15) is 0 Å². The molecule has 0 radical (unpaired) electrons. The molecule has 0 saturated heterocycles. The summed E-state index contributed by atoms with van der Waals surface area (Å²) in [6.07, 6.45) is 19.6. The summed E-state index contributed by atoms with van der Waals surface area (Å²) in [5, 5.41) is 18.9. The average molecular weight is 647 g/mol. The Morgan fingerprint density at radius 3 is 1.51 bits per heavy atom. The molecule has 2 N–H and O–H groups in total. The minimum absolute atomic E-state index is 0.0793. The van der Waals surface area contributed by atoms with Crippen LogP contribution < -0.4 is 9.47 Å². The fraction of sp³-hybridized carbons (Fsp3) is 0.571. The number of rotatable bonds is 27. The molecule has 0 aliphatic rings. The van der Waals surface area contributed by atoms with Crippen LogP contribution in [0.2, 0.25) is 0 Å². The highest BCUT2D eigenvalue weighted by molar-refractivity contribution is 5.71. The average Bonchev–Trinajstić information content (AvgIpc) is 3.11. The highest BCUT2D eigenvalue weighted by Gasteiger charge is 2.10. The maximum Gasteiger partial charge on any atom is 0.124 e. The van der Waals surface area contributed by atoms with E-state index in [0.29, 0.717) is 13.2 Å². The molecular weight excluding hydrogens is 584 g/mol. The minimum atomic E-state index is -0.886. The van der Waals surface area contributed by atoms with E-state index in [0.717, 1.165) is 58.8 Å². The summed E-state index contributed by atoms with van der Waals surface area (Å²) in [7, 11) is 0. The van der Waals surface area contributed by atoms with Crippen molar-refractivity contribution in [3.8, 4) is 33.8 Å². The fourth-order valence-electron chi connectivity index (χ4n) is 5.81. The Morgan fingerprint density at radius 2 is 0.979 bits per heavy atom. The standard InChI is InChI=1S/C42H62O5/c1-3-5-7-9-11-13-15-17-29-46-41-26-23-36(24-27-41)35-19-21-37(22-20-35)38-25-28-42(39(31-38)33-45-34-40(44)32-43)47-30-18-16-14-12-10-8-6-4-2/h19-28,31,40,43-44H,3-18,29-30,32-34H2,1-2H3. The zero-order valence-electron chi connectivity index (χ0n) is 29.4. The van der Waals surface area contributed by atoms with Gasteiger partial charge in [-0.3, -0.25) is 0 Å². The van der Waals surface area contributed by atoms with Crippen LogP contribution in [0.5, 0.6) is 11.5 Å². The number of unbranched alkanes of at least 4 members (excludes halogenated alkanes) is 14. The first-order valence-corrected chi connectivity index (χ1v) is 18.6. The molecule has 5 nitrogen and oxygen atoms in total. The molecule has 0 aromatic heterocycles. The zero-order chi connectivity index (χ0) is 33.4. The van der Waals surface area contributed by atoms with Crippen molar-refractivity contribution in [1.29, 1.82) is 0 Å².